The molecule has 2 heterocycles. The molecule has 0 spiro atoms. The number of piperidine rings is 1. The molecule has 1 saturated heterocycles. The molecule has 0 radical (unpaired) electrons. The van der Waals surface area contributed by atoms with Crippen LogP contribution in [-0.4, -0.2) is 28.9 Å². The number of carbonyl (C=O) groups excluding carboxylic acids is 1. The molecule has 26 heavy (non-hydrogen) atoms. The minimum absolute atomic E-state index is 0.0162. The normalized spacial score (nSPS) is 17.6. The van der Waals surface area contributed by atoms with Crippen molar-refractivity contribution in [2.75, 3.05) is 13.1 Å². The van der Waals surface area contributed by atoms with Crippen molar-refractivity contribution in [1.82, 2.24) is 9.88 Å². The van der Waals surface area contributed by atoms with Crippen LogP contribution >= 0.6 is 0 Å². The summed E-state index contributed by atoms with van der Waals surface area (Å²) in [5.41, 5.74) is 2.64. The number of aromatic amines is 1. The van der Waals surface area contributed by atoms with Gasteiger partial charge >= 0.3 is 0 Å². The Kier molecular flexibility index (Phi) is 4.45. The number of rotatable bonds is 3. The zero-order valence-corrected chi connectivity index (χ0v) is 14.3. The first-order chi connectivity index (χ1) is 12.6. The highest BCUT2D eigenvalue weighted by atomic mass is 19.1. The molecule has 1 aliphatic rings. The molecule has 1 aromatic heterocycles. The first-order valence-corrected chi connectivity index (χ1v) is 8.89. The van der Waals surface area contributed by atoms with Gasteiger partial charge < -0.3 is 9.88 Å². The van der Waals surface area contributed by atoms with Gasteiger partial charge in [0.15, 0.2) is 0 Å². The van der Waals surface area contributed by atoms with Crippen molar-refractivity contribution in [2.45, 2.75) is 25.2 Å². The van der Waals surface area contributed by atoms with E-state index in [2.05, 4.69) is 4.98 Å². The van der Waals surface area contributed by atoms with Crippen LogP contribution < -0.4 is 0 Å². The SMILES string of the molecule is O=C(Cc1cccc(F)c1)N1CCCC(c2cc3cc(F)ccc3[nH]2)C1. The van der Waals surface area contributed by atoms with Crippen LogP contribution in [0, 0.1) is 11.6 Å². The van der Waals surface area contributed by atoms with E-state index in [0.717, 1.165) is 36.0 Å². The van der Waals surface area contributed by atoms with Crippen molar-refractivity contribution >= 4 is 16.8 Å². The van der Waals surface area contributed by atoms with Gasteiger partial charge in [-0.05, 0) is 54.8 Å². The quantitative estimate of drug-likeness (QED) is 0.744. The third-order valence-corrected chi connectivity index (χ3v) is 5.06. The lowest BCUT2D eigenvalue weighted by molar-refractivity contribution is -0.131. The summed E-state index contributed by atoms with van der Waals surface area (Å²) < 4.78 is 26.7. The minimum Gasteiger partial charge on any atom is -0.358 e. The molecule has 1 N–H and O–H groups in total. The molecule has 134 valence electrons. The molecule has 0 aliphatic carbocycles. The van der Waals surface area contributed by atoms with E-state index in [9.17, 15) is 13.6 Å². The number of H-pyrrole nitrogens is 1. The van der Waals surface area contributed by atoms with Gasteiger partial charge in [0.25, 0.3) is 0 Å². The lowest BCUT2D eigenvalue weighted by Gasteiger charge is -2.32. The van der Waals surface area contributed by atoms with Crippen LogP contribution in [0.3, 0.4) is 0 Å². The lowest BCUT2D eigenvalue weighted by atomic mass is 9.94. The van der Waals surface area contributed by atoms with E-state index < -0.39 is 0 Å². The largest absolute Gasteiger partial charge is 0.358 e. The molecule has 1 unspecified atom stereocenters. The second-order valence-electron chi connectivity index (χ2n) is 6.94. The maximum atomic E-state index is 13.4. The average Bonchev–Trinajstić information content (AvgIpc) is 3.05. The van der Waals surface area contributed by atoms with Gasteiger partial charge in [0.1, 0.15) is 11.6 Å². The van der Waals surface area contributed by atoms with Crippen LogP contribution in [0.25, 0.3) is 10.9 Å². The molecule has 0 bridgehead atoms. The molecule has 5 heteroatoms. The van der Waals surface area contributed by atoms with Crippen LogP contribution in [0.4, 0.5) is 8.78 Å². The topological polar surface area (TPSA) is 36.1 Å². The molecule has 3 aromatic rings. The number of aromatic nitrogens is 1. The Bertz CT molecular complexity index is 950. The molecule has 1 atom stereocenters. The van der Waals surface area contributed by atoms with Crippen molar-refractivity contribution < 1.29 is 13.6 Å². The molecule has 2 aromatic carbocycles. The third-order valence-electron chi connectivity index (χ3n) is 5.06. The molecule has 1 aliphatic heterocycles. The summed E-state index contributed by atoms with van der Waals surface area (Å²) in [7, 11) is 0. The predicted molar refractivity (Wildman–Crippen MR) is 96.9 cm³/mol. The summed E-state index contributed by atoms with van der Waals surface area (Å²) in [5, 5.41) is 0.850. The van der Waals surface area contributed by atoms with E-state index in [1.807, 2.05) is 11.0 Å². The van der Waals surface area contributed by atoms with Crippen LogP contribution in [-0.2, 0) is 11.2 Å². The summed E-state index contributed by atoms with van der Waals surface area (Å²) in [6, 6.07) is 12.9. The highest BCUT2D eigenvalue weighted by molar-refractivity contribution is 5.81. The van der Waals surface area contributed by atoms with Crippen molar-refractivity contribution in [2.24, 2.45) is 0 Å². The summed E-state index contributed by atoms with van der Waals surface area (Å²) >= 11 is 0. The Morgan fingerprint density at radius 2 is 1.96 bits per heavy atom. The summed E-state index contributed by atoms with van der Waals surface area (Å²) in [4.78, 5) is 17.8. The van der Waals surface area contributed by atoms with Crippen LogP contribution in [0.15, 0.2) is 48.5 Å². The number of likely N-dealkylation sites (tertiary alicyclic amines) is 1. The van der Waals surface area contributed by atoms with Gasteiger partial charge in [-0.25, -0.2) is 8.78 Å². The molecule has 4 rings (SSSR count). The fraction of sp³-hybridized carbons (Fsp3) is 0.286. The van der Waals surface area contributed by atoms with Gasteiger partial charge in [0.05, 0.1) is 6.42 Å². The number of carbonyl (C=O) groups is 1. The van der Waals surface area contributed by atoms with Gasteiger partial charge in [-0.1, -0.05) is 12.1 Å². The van der Waals surface area contributed by atoms with Crippen molar-refractivity contribution in [3.63, 3.8) is 0 Å². The molecular formula is C21H20F2N2O. The van der Waals surface area contributed by atoms with Crippen molar-refractivity contribution in [1.29, 1.82) is 0 Å². The third kappa shape index (κ3) is 3.47. The number of nitrogens with one attached hydrogen (secondary N) is 1. The zero-order valence-electron chi connectivity index (χ0n) is 14.3. The Balaban J connectivity index is 1.48. The number of amides is 1. The predicted octanol–water partition coefficient (Wildman–Crippen LogP) is 4.39. The standard InChI is InChI=1S/C21H20F2N2O/c22-17-5-1-3-14(9-17)10-21(26)25-8-2-4-15(13-25)20-12-16-11-18(23)6-7-19(16)24-20/h1,3,5-7,9,11-12,15,24H,2,4,8,10,13H2. The maximum Gasteiger partial charge on any atom is 0.227 e. The van der Waals surface area contributed by atoms with E-state index in [4.69, 9.17) is 0 Å². The van der Waals surface area contributed by atoms with Gasteiger partial charge in [-0.15, -0.1) is 0 Å². The Labute approximate surface area is 150 Å². The van der Waals surface area contributed by atoms with E-state index in [-0.39, 0.29) is 29.9 Å². The van der Waals surface area contributed by atoms with Crippen LogP contribution in [0.5, 0.6) is 0 Å². The second-order valence-corrected chi connectivity index (χ2v) is 6.94. The van der Waals surface area contributed by atoms with E-state index in [1.54, 1.807) is 18.2 Å². The van der Waals surface area contributed by atoms with Gasteiger partial charge in [0.2, 0.25) is 5.91 Å². The smallest absolute Gasteiger partial charge is 0.227 e. The van der Waals surface area contributed by atoms with Crippen LogP contribution in [0.1, 0.15) is 30.0 Å². The zero-order chi connectivity index (χ0) is 18.1. The maximum absolute atomic E-state index is 13.4. The second kappa shape index (κ2) is 6.90. The van der Waals surface area contributed by atoms with Crippen molar-refractivity contribution in [3.05, 3.63) is 71.4 Å². The molecule has 3 nitrogen and oxygen atoms in total. The Morgan fingerprint density at radius 1 is 1.12 bits per heavy atom. The summed E-state index contributed by atoms with van der Waals surface area (Å²) in [5.74, 6) is -0.353. The molecule has 0 saturated carbocycles. The molecule has 1 amide bonds. The van der Waals surface area contributed by atoms with E-state index >= 15 is 0 Å². The number of benzene rings is 2. The average molecular weight is 354 g/mol. The van der Waals surface area contributed by atoms with Crippen LogP contribution in [0.2, 0.25) is 0 Å². The molecular weight excluding hydrogens is 334 g/mol. The molecule has 1 fully saturated rings. The highest BCUT2D eigenvalue weighted by Crippen LogP contribution is 2.29. The lowest BCUT2D eigenvalue weighted by Crippen LogP contribution is -2.40. The highest BCUT2D eigenvalue weighted by Gasteiger charge is 2.26. The summed E-state index contributed by atoms with van der Waals surface area (Å²) in [6.45, 7) is 1.35. The number of hydrogen-bond donors (Lipinski definition) is 1. The van der Waals surface area contributed by atoms with E-state index in [1.165, 1.54) is 24.3 Å². The minimum atomic E-state index is -0.322. The van der Waals surface area contributed by atoms with Gasteiger partial charge in [-0.3, -0.25) is 4.79 Å². The van der Waals surface area contributed by atoms with Crippen molar-refractivity contribution in [3.8, 4) is 0 Å². The Hall–Kier alpha value is -2.69. The monoisotopic (exact) mass is 354 g/mol. The number of nitrogens with zero attached hydrogens (tertiary/aromatic N) is 1. The van der Waals surface area contributed by atoms with Gasteiger partial charge in [-0.2, -0.15) is 0 Å². The summed E-state index contributed by atoms with van der Waals surface area (Å²) in [6.07, 6.45) is 2.12. The fourth-order valence-electron chi connectivity index (χ4n) is 3.74. The van der Waals surface area contributed by atoms with E-state index in [0.29, 0.717) is 12.1 Å². The number of fused-ring (bicyclic) bond motifs is 1. The first kappa shape index (κ1) is 16.8. The first-order valence-electron chi connectivity index (χ1n) is 8.89. The van der Waals surface area contributed by atoms with Gasteiger partial charge in [0, 0.05) is 35.6 Å². The number of hydrogen-bond acceptors (Lipinski definition) is 1. The Morgan fingerprint density at radius 3 is 2.81 bits per heavy atom. The fourth-order valence-corrected chi connectivity index (χ4v) is 3.74. The number of halogens is 2.